The highest BCUT2D eigenvalue weighted by Gasteiger charge is 2.09. The van der Waals surface area contributed by atoms with E-state index >= 15 is 0 Å². The maximum absolute atomic E-state index is 13.2. The fraction of sp³-hybridized carbons (Fsp3) is 0.250. The van der Waals surface area contributed by atoms with Gasteiger partial charge >= 0.3 is 0 Å². The standard InChI is InChI=1S/C16H17FN2OS/c1-3-19(10-13-5-4-6-14(17)9-13)16(20)8-7-15-11-21-12(2)18-15/h4-9,11H,3,10H2,1-2H3/b8-7+. The van der Waals surface area contributed by atoms with Crippen LogP contribution in [0.15, 0.2) is 35.7 Å². The zero-order valence-electron chi connectivity index (χ0n) is 12.0. The van der Waals surface area contributed by atoms with Gasteiger partial charge in [-0.25, -0.2) is 9.37 Å². The Kier molecular flexibility index (Phi) is 5.22. The predicted octanol–water partition coefficient (Wildman–Crippen LogP) is 3.65. The molecule has 0 aliphatic rings. The van der Waals surface area contributed by atoms with E-state index in [1.165, 1.54) is 18.2 Å². The van der Waals surface area contributed by atoms with Gasteiger partial charge in [0, 0.05) is 24.5 Å². The van der Waals surface area contributed by atoms with Gasteiger partial charge in [-0.3, -0.25) is 4.79 Å². The van der Waals surface area contributed by atoms with Gasteiger partial charge in [-0.1, -0.05) is 12.1 Å². The Morgan fingerprint density at radius 3 is 2.90 bits per heavy atom. The molecule has 1 heterocycles. The minimum atomic E-state index is -0.288. The van der Waals surface area contributed by atoms with Crippen LogP contribution in [0.1, 0.15) is 23.2 Å². The highest BCUT2D eigenvalue weighted by Crippen LogP contribution is 2.11. The topological polar surface area (TPSA) is 33.2 Å². The number of hydrogen-bond acceptors (Lipinski definition) is 3. The molecule has 21 heavy (non-hydrogen) atoms. The summed E-state index contributed by atoms with van der Waals surface area (Å²) < 4.78 is 13.2. The summed E-state index contributed by atoms with van der Waals surface area (Å²) in [4.78, 5) is 18.1. The van der Waals surface area contributed by atoms with Crippen LogP contribution in [0.2, 0.25) is 0 Å². The minimum Gasteiger partial charge on any atom is -0.335 e. The number of aryl methyl sites for hydroxylation is 1. The molecule has 0 aliphatic heterocycles. The number of carbonyl (C=O) groups excluding carboxylic acids is 1. The zero-order valence-corrected chi connectivity index (χ0v) is 12.9. The molecular formula is C16H17FN2OS. The van der Waals surface area contributed by atoms with Crippen LogP contribution in [0.3, 0.4) is 0 Å². The molecule has 1 aromatic heterocycles. The van der Waals surface area contributed by atoms with Crippen LogP contribution in [-0.4, -0.2) is 22.3 Å². The smallest absolute Gasteiger partial charge is 0.246 e. The van der Waals surface area contributed by atoms with Gasteiger partial charge < -0.3 is 4.90 Å². The van der Waals surface area contributed by atoms with Crippen LogP contribution in [0.25, 0.3) is 6.08 Å². The SMILES string of the molecule is CCN(Cc1cccc(F)c1)C(=O)/C=C/c1csc(C)n1. The molecular weight excluding hydrogens is 287 g/mol. The van der Waals surface area contributed by atoms with E-state index in [1.807, 2.05) is 25.3 Å². The first-order valence-corrected chi connectivity index (χ1v) is 7.60. The summed E-state index contributed by atoms with van der Waals surface area (Å²) in [5.41, 5.74) is 1.57. The third kappa shape index (κ3) is 4.49. The molecule has 0 radical (unpaired) electrons. The Balaban J connectivity index is 2.03. The third-order valence-corrected chi connectivity index (χ3v) is 3.78. The number of amides is 1. The maximum Gasteiger partial charge on any atom is 0.246 e. The van der Waals surface area contributed by atoms with Gasteiger partial charge in [0.25, 0.3) is 0 Å². The van der Waals surface area contributed by atoms with E-state index < -0.39 is 0 Å². The predicted molar refractivity (Wildman–Crippen MR) is 83.4 cm³/mol. The lowest BCUT2D eigenvalue weighted by Crippen LogP contribution is -2.28. The summed E-state index contributed by atoms with van der Waals surface area (Å²) in [6, 6.07) is 6.30. The second-order valence-corrected chi connectivity index (χ2v) is 5.67. The molecule has 110 valence electrons. The summed E-state index contributed by atoms with van der Waals surface area (Å²) >= 11 is 1.55. The Hall–Kier alpha value is -2.01. The van der Waals surface area contributed by atoms with Crippen LogP contribution in [-0.2, 0) is 11.3 Å². The van der Waals surface area contributed by atoms with E-state index in [0.717, 1.165) is 16.3 Å². The molecule has 0 fully saturated rings. The average molecular weight is 304 g/mol. The monoisotopic (exact) mass is 304 g/mol. The van der Waals surface area contributed by atoms with Gasteiger partial charge in [-0.05, 0) is 37.6 Å². The summed E-state index contributed by atoms with van der Waals surface area (Å²) in [5.74, 6) is -0.392. The number of carbonyl (C=O) groups is 1. The van der Waals surface area contributed by atoms with E-state index in [0.29, 0.717) is 13.1 Å². The molecule has 0 atom stereocenters. The van der Waals surface area contributed by atoms with Crippen LogP contribution in [0, 0.1) is 12.7 Å². The van der Waals surface area contributed by atoms with Crippen molar-refractivity contribution in [2.75, 3.05) is 6.54 Å². The van der Waals surface area contributed by atoms with Gasteiger partial charge in [0.05, 0.1) is 10.7 Å². The highest BCUT2D eigenvalue weighted by atomic mass is 32.1. The fourth-order valence-electron chi connectivity index (χ4n) is 1.92. The van der Waals surface area contributed by atoms with Crippen molar-refractivity contribution in [2.24, 2.45) is 0 Å². The normalized spacial score (nSPS) is 11.0. The van der Waals surface area contributed by atoms with Crippen molar-refractivity contribution in [1.29, 1.82) is 0 Å². The van der Waals surface area contributed by atoms with Crippen molar-refractivity contribution in [1.82, 2.24) is 9.88 Å². The molecule has 2 rings (SSSR count). The van der Waals surface area contributed by atoms with Crippen molar-refractivity contribution in [2.45, 2.75) is 20.4 Å². The minimum absolute atomic E-state index is 0.104. The summed E-state index contributed by atoms with van der Waals surface area (Å²) in [6.07, 6.45) is 3.22. The number of halogens is 1. The molecule has 0 N–H and O–H groups in total. The Morgan fingerprint density at radius 2 is 2.29 bits per heavy atom. The molecule has 5 heteroatoms. The molecule has 0 saturated heterocycles. The van der Waals surface area contributed by atoms with Crippen LogP contribution in [0.4, 0.5) is 4.39 Å². The van der Waals surface area contributed by atoms with Gasteiger partial charge in [-0.15, -0.1) is 11.3 Å². The van der Waals surface area contributed by atoms with E-state index in [1.54, 1.807) is 28.4 Å². The highest BCUT2D eigenvalue weighted by molar-refractivity contribution is 7.09. The van der Waals surface area contributed by atoms with E-state index in [9.17, 15) is 9.18 Å². The molecule has 0 spiro atoms. The summed E-state index contributed by atoms with van der Waals surface area (Å²) in [5, 5.41) is 2.87. The van der Waals surface area contributed by atoms with Crippen molar-refractivity contribution in [3.8, 4) is 0 Å². The number of benzene rings is 1. The first kappa shape index (κ1) is 15.4. The van der Waals surface area contributed by atoms with Crippen LogP contribution < -0.4 is 0 Å². The van der Waals surface area contributed by atoms with Gasteiger partial charge in [-0.2, -0.15) is 0 Å². The first-order valence-electron chi connectivity index (χ1n) is 6.72. The van der Waals surface area contributed by atoms with Gasteiger partial charge in [0.1, 0.15) is 5.82 Å². The third-order valence-electron chi connectivity index (χ3n) is 2.99. The lowest BCUT2D eigenvalue weighted by Gasteiger charge is -2.19. The number of rotatable bonds is 5. The fourth-order valence-corrected chi connectivity index (χ4v) is 2.50. The maximum atomic E-state index is 13.2. The van der Waals surface area contributed by atoms with E-state index in [2.05, 4.69) is 4.98 Å². The number of aromatic nitrogens is 1. The Labute approximate surface area is 127 Å². The number of likely N-dealkylation sites (N-methyl/N-ethyl adjacent to an activating group) is 1. The second-order valence-electron chi connectivity index (χ2n) is 4.61. The molecule has 0 aliphatic carbocycles. The summed E-state index contributed by atoms with van der Waals surface area (Å²) in [7, 11) is 0. The number of nitrogens with zero attached hydrogens (tertiary/aromatic N) is 2. The molecule has 2 aromatic rings. The first-order chi connectivity index (χ1) is 10.1. The largest absolute Gasteiger partial charge is 0.335 e. The lowest BCUT2D eigenvalue weighted by atomic mass is 10.2. The molecule has 1 amide bonds. The van der Waals surface area contributed by atoms with Crippen molar-refractivity contribution in [3.63, 3.8) is 0 Å². The Bertz CT molecular complexity index is 651. The van der Waals surface area contributed by atoms with Gasteiger partial charge in [0.2, 0.25) is 5.91 Å². The van der Waals surface area contributed by atoms with Crippen LogP contribution >= 0.6 is 11.3 Å². The molecule has 0 saturated carbocycles. The molecule has 0 bridgehead atoms. The van der Waals surface area contributed by atoms with Crippen molar-refractivity contribution < 1.29 is 9.18 Å². The zero-order chi connectivity index (χ0) is 15.2. The van der Waals surface area contributed by atoms with Crippen LogP contribution in [0.5, 0.6) is 0 Å². The van der Waals surface area contributed by atoms with Crippen molar-refractivity contribution >= 4 is 23.3 Å². The lowest BCUT2D eigenvalue weighted by molar-refractivity contribution is -0.126. The molecule has 3 nitrogen and oxygen atoms in total. The van der Waals surface area contributed by atoms with E-state index in [-0.39, 0.29) is 11.7 Å². The van der Waals surface area contributed by atoms with Crippen molar-refractivity contribution in [3.05, 3.63) is 57.8 Å². The number of thiazole rings is 1. The Morgan fingerprint density at radius 1 is 1.48 bits per heavy atom. The van der Waals surface area contributed by atoms with E-state index in [4.69, 9.17) is 0 Å². The average Bonchev–Trinajstić information content (AvgIpc) is 2.88. The number of hydrogen-bond donors (Lipinski definition) is 0. The van der Waals surface area contributed by atoms with Gasteiger partial charge in [0.15, 0.2) is 0 Å². The quantitative estimate of drug-likeness (QED) is 0.790. The second kappa shape index (κ2) is 7.13. The molecule has 0 unspecified atom stereocenters. The molecule has 1 aromatic carbocycles. The summed E-state index contributed by atoms with van der Waals surface area (Å²) in [6.45, 7) is 4.79.